The standard InChI is InChI=1S/C19H18N4O2/c1-12-17-15(14-8-5-9-20-19(14)25)10-16(24)21-18(17)23(22-12)11-13-6-3-2-4-7-13/h2-9,15H,10-11H2,1H3,(H,20,25)(H,21,24). The number of pyridine rings is 1. The van der Waals surface area contributed by atoms with Gasteiger partial charge in [0.1, 0.15) is 5.82 Å². The largest absolute Gasteiger partial charge is 0.329 e. The van der Waals surface area contributed by atoms with Crippen LogP contribution >= 0.6 is 0 Å². The minimum atomic E-state index is -0.279. The van der Waals surface area contributed by atoms with Gasteiger partial charge in [0.25, 0.3) is 5.56 Å². The molecule has 0 spiro atoms. The third kappa shape index (κ3) is 2.76. The molecule has 1 aliphatic heterocycles. The van der Waals surface area contributed by atoms with Crippen molar-refractivity contribution >= 4 is 11.7 Å². The number of benzene rings is 1. The SMILES string of the molecule is Cc1nn(Cc2ccccc2)c2c1C(c1ccc[nH]c1=O)CC(=O)N2. The van der Waals surface area contributed by atoms with E-state index in [2.05, 4.69) is 15.4 Å². The molecule has 1 aromatic carbocycles. The molecule has 0 fully saturated rings. The van der Waals surface area contributed by atoms with Crippen LogP contribution in [-0.4, -0.2) is 20.7 Å². The van der Waals surface area contributed by atoms with E-state index in [1.54, 1.807) is 23.0 Å². The van der Waals surface area contributed by atoms with Crippen LogP contribution in [0, 0.1) is 6.92 Å². The monoisotopic (exact) mass is 334 g/mol. The van der Waals surface area contributed by atoms with Crippen LogP contribution in [0.2, 0.25) is 0 Å². The highest BCUT2D eigenvalue weighted by atomic mass is 16.2. The molecule has 1 unspecified atom stereocenters. The van der Waals surface area contributed by atoms with Crippen LogP contribution in [-0.2, 0) is 11.3 Å². The van der Waals surface area contributed by atoms with Gasteiger partial charge in [0.15, 0.2) is 0 Å². The number of nitrogens with one attached hydrogen (secondary N) is 2. The third-order valence-corrected chi connectivity index (χ3v) is 4.57. The van der Waals surface area contributed by atoms with Gasteiger partial charge in [0, 0.05) is 29.7 Å². The lowest BCUT2D eigenvalue weighted by atomic mass is 9.86. The van der Waals surface area contributed by atoms with Crippen molar-refractivity contribution in [1.29, 1.82) is 0 Å². The lowest BCUT2D eigenvalue weighted by molar-refractivity contribution is -0.116. The molecule has 0 saturated carbocycles. The number of rotatable bonds is 3. The van der Waals surface area contributed by atoms with Gasteiger partial charge >= 0.3 is 0 Å². The van der Waals surface area contributed by atoms with Gasteiger partial charge in [-0.05, 0) is 18.6 Å². The molecular weight excluding hydrogens is 316 g/mol. The summed E-state index contributed by atoms with van der Waals surface area (Å²) >= 11 is 0. The first-order valence-corrected chi connectivity index (χ1v) is 8.22. The minimum absolute atomic E-state index is 0.102. The van der Waals surface area contributed by atoms with Gasteiger partial charge in [0.2, 0.25) is 5.91 Å². The lowest BCUT2D eigenvalue weighted by Gasteiger charge is -2.23. The van der Waals surface area contributed by atoms with Crippen LogP contribution in [0.25, 0.3) is 0 Å². The predicted molar refractivity (Wildman–Crippen MR) is 94.7 cm³/mol. The molecule has 3 heterocycles. The maximum Gasteiger partial charge on any atom is 0.251 e. The molecule has 2 aromatic heterocycles. The van der Waals surface area contributed by atoms with E-state index < -0.39 is 0 Å². The zero-order valence-electron chi connectivity index (χ0n) is 13.8. The zero-order chi connectivity index (χ0) is 17.4. The average molecular weight is 334 g/mol. The Hall–Kier alpha value is -3.15. The van der Waals surface area contributed by atoms with Crippen molar-refractivity contribution in [2.24, 2.45) is 0 Å². The Kier molecular flexibility index (Phi) is 3.72. The summed E-state index contributed by atoms with van der Waals surface area (Å²) < 4.78 is 1.81. The molecule has 1 atom stereocenters. The number of aryl methyl sites for hydroxylation is 1. The number of H-pyrrole nitrogens is 1. The second kappa shape index (κ2) is 6.05. The Balaban J connectivity index is 1.81. The van der Waals surface area contributed by atoms with Gasteiger partial charge in [-0.25, -0.2) is 4.68 Å². The smallest absolute Gasteiger partial charge is 0.251 e. The first kappa shape index (κ1) is 15.4. The van der Waals surface area contributed by atoms with Crippen LogP contribution in [0.1, 0.15) is 34.7 Å². The van der Waals surface area contributed by atoms with Crippen molar-refractivity contribution in [3.8, 4) is 0 Å². The molecule has 6 nitrogen and oxygen atoms in total. The number of carbonyl (C=O) groups excluding carboxylic acids is 1. The number of aromatic nitrogens is 3. The number of fused-ring (bicyclic) bond motifs is 1. The van der Waals surface area contributed by atoms with E-state index in [0.717, 1.165) is 16.8 Å². The number of hydrogen-bond donors (Lipinski definition) is 2. The number of anilines is 1. The Morgan fingerprint density at radius 3 is 2.72 bits per heavy atom. The number of aromatic amines is 1. The van der Waals surface area contributed by atoms with Gasteiger partial charge in [-0.15, -0.1) is 0 Å². The highest BCUT2D eigenvalue weighted by Crippen LogP contribution is 2.38. The maximum absolute atomic E-state index is 12.3. The van der Waals surface area contributed by atoms with Gasteiger partial charge in [-0.3, -0.25) is 9.59 Å². The lowest BCUT2D eigenvalue weighted by Crippen LogP contribution is -2.28. The number of amides is 1. The van der Waals surface area contributed by atoms with E-state index in [1.807, 2.05) is 37.3 Å². The van der Waals surface area contributed by atoms with E-state index >= 15 is 0 Å². The zero-order valence-corrected chi connectivity index (χ0v) is 13.8. The van der Waals surface area contributed by atoms with E-state index in [-0.39, 0.29) is 23.8 Å². The van der Waals surface area contributed by atoms with Crippen molar-refractivity contribution in [2.75, 3.05) is 5.32 Å². The summed E-state index contributed by atoms with van der Waals surface area (Å²) in [5.41, 5.74) is 3.29. The average Bonchev–Trinajstić information content (AvgIpc) is 2.91. The number of nitrogens with zero attached hydrogens (tertiary/aromatic N) is 2. The Labute approximate surface area is 144 Å². The molecule has 25 heavy (non-hydrogen) atoms. The van der Waals surface area contributed by atoms with E-state index in [0.29, 0.717) is 17.9 Å². The summed E-state index contributed by atoms with van der Waals surface area (Å²) in [6.07, 6.45) is 1.85. The Bertz CT molecular complexity index is 988. The third-order valence-electron chi connectivity index (χ3n) is 4.57. The first-order chi connectivity index (χ1) is 12.1. The Morgan fingerprint density at radius 1 is 1.16 bits per heavy atom. The molecule has 4 rings (SSSR count). The molecule has 1 aliphatic rings. The first-order valence-electron chi connectivity index (χ1n) is 8.22. The summed E-state index contributed by atoms with van der Waals surface area (Å²) in [7, 11) is 0. The van der Waals surface area contributed by atoms with Gasteiger partial charge in [0.05, 0.1) is 12.2 Å². The topological polar surface area (TPSA) is 79.8 Å². The second-order valence-electron chi connectivity index (χ2n) is 6.25. The van der Waals surface area contributed by atoms with Crippen molar-refractivity contribution in [2.45, 2.75) is 25.8 Å². The Morgan fingerprint density at radius 2 is 1.96 bits per heavy atom. The molecule has 1 amide bonds. The van der Waals surface area contributed by atoms with Crippen LogP contribution in [0.15, 0.2) is 53.5 Å². The second-order valence-corrected chi connectivity index (χ2v) is 6.25. The normalized spacial score (nSPS) is 16.4. The summed E-state index contributed by atoms with van der Waals surface area (Å²) in [4.78, 5) is 27.2. The van der Waals surface area contributed by atoms with Crippen molar-refractivity contribution in [3.05, 3.63) is 81.4 Å². The molecule has 0 aliphatic carbocycles. The number of carbonyl (C=O) groups is 1. The fourth-order valence-electron chi connectivity index (χ4n) is 3.46. The molecule has 126 valence electrons. The summed E-state index contributed by atoms with van der Waals surface area (Å²) in [5.74, 6) is 0.305. The summed E-state index contributed by atoms with van der Waals surface area (Å²) in [6, 6.07) is 13.5. The fraction of sp³-hybridized carbons (Fsp3) is 0.211. The maximum atomic E-state index is 12.3. The molecule has 0 radical (unpaired) electrons. The van der Waals surface area contributed by atoms with Gasteiger partial charge in [-0.1, -0.05) is 36.4 Å². The van der Waals surface area contributed by atoms with Crippen molar-refractivity contribution in [3.63, 3.8) is 0 Å². The van der Waals surface area contributed by atoms with Crippen molar-refractivity contribution in [1.82, 2.24) is 14.8 Å². The minimum Gasteiger partial charge on any atom is -0.329 e. The number of hydrogen-bond acceptors (Lipinski definition) is 3. The molecule has 0 bridgehead atoms. The van der Waals surface area contributed by atoms with Gasteiger partial charge < -0.3 is 10.3 Å². The summed E-state index contributed by atoms with van der Waals surface area (Å²) in [5, 5.41) is 7.56. The van der Waals surface area contributed by atoms with Crippen molar-refractivity contribution < 1.29 is 4.79 Å². The highest BCUT2D eigenvalue weighted by Gasteiger charge is 2.33. The van der Waals surface area contributed by atoms with E-state index in [4.69, 9.17) is 0 Å². The van der Waals surface area contributed by atoms with Crippen LogP contribution < -0.4 is 10.9 Å². The fourth-order valence-corrected chi connectivity index (χ4v) is 3.46. The molecule has 6 heteroatoms. The predicted octanol–water partition coefficient (Wildman–Crippen LogP) is 2.40. The highest BCUT2D eigenvalue weighted by molar-refractivity contribution is 5.94. The van der Waals surface area contributed by atoms with Crippen LogP contribution in [0.5, 0.6) is 0 Å². The quantitative estimate of drug-likeness (QED) is 0.772. The van der Waals surface area contributed by atoms with Gasteiger partial charge in [-0.2, -0.15) is 5.10 Å². The van der Waals surface area contributed by atoms with E-state index in [9.17, 15) is 9.59 Å². The summed E-state index contributed by atoms with van der Waals surface area (Å²) in [6.45, 7) is 2.48. The molecular formula is C19H18N4O2. The van der Waals surface area contributed by atoms with Crippen LogP contribution in [0.3, 0.4) is 0 Å². The molecule has 0 saturated heterocycles. The molecule has 3 aromatic rings. The van der Waals surface area contributed by atoms with E-state index in [1.165, 1.54) is 0 Å². The van der Waals surface area contributed by atoms with Crippen LogP contribution in [0.4, 0.5) is 5.82 Å². The molecule has 2 N–H and O–H groups in total.